The van der Waals surface area contributed by atoms with E-state index in [1.807, 2.05) is 30.3 Å². The molecule has 6 heteroatoms. The molecule has 0 aliphatic heterocycles. The molecule has 5 nitrogen and oxygen atoms in total. The lowest BCUT2D eigenvalue weighted by atomic mass is 10.0. The lowest BCUT2D eigenvalue weighted by Gasteiger charge is -2.10. The molecule has 4 aromatic heterocycles. The molecule has 9 aromatic rings. The van der Waals surface area contributed by atoms with Crippen molar-refractivity contribution in [1.29, 1.82) is 0 Å². The highest BCUT2D eigenvalue weighted by atomic mass is 32.1. The number of rotatable bonds is 4. The molecule has 0 atom stereocenters. The summed E-state index contributed by atoms with van der Waals surface area (Å²) in [6.07, 6.45) is 5.06. The minimum absolute atomic E-state index is 0.629. The van der Waals surface area contributed by atoms with Gasteiger partial charge in [-0.25, -0.2) is 19.9 Å². The Morgan fingerprint density at radius 1 is 0.532 bits per heavy atom. The van der Waals surface area contributed by atoms with Gasteiger partial charge in [0.2, 0.25) is 0 Å². The van der Waals surface area contributed by atoms with Crippen LogP contribution in [0.5, 0.6) is 0 Å². The maximum Gasteiger partial charge on any atom is 0.165 e. The molecule has 0 saturated heterocycles. The Morgan fingerprint density at radius 2 is 1.19 bits per heavy atom. The largest absolute Gasteiger partial charge is 0.458 e. The summed E-state index contributed by atoms with van der Waals surface area (Å²) >= 11 is 1.78. The molecule has 10 rings (SSSR count). The number of fused-ring (bicyclic) bond motifs is 8. The molecule has 47 heavy (non-hydrogen) atoms. The Morgan fingerprint density at radius 3 is 2.02 bits per heavy atom. The lowest BCUT2D eigenvalue weighted by Crippen LogP contribution is -2.00. The minimum Gasteiger partial charge on any atom is -0.458 e. The van der Waals surface area contributed by atoms with Gasteiger partial charge in [-0.1, -0.05) is 121 Å². The van der Waals surface area contributed by atoms with E-state index in [1.54, 1.807) is 11.3 Å². The number of nitrogens with zero attached hydrogens (tertiary/aromatic N) is 4. The third kappa shape index (κ3) is 4.15. The molecule has 1 aliphatic rings. The van der Waals surface area contributed by atoms with E-state index < -0.39 is 0 Å². The van der Waals surface area contributed by atoms with Crippen molar-refractivity contribution in [3.8, 4) is 45.4 Å². The van der Waals surface area contributed by atoms with Gasteiger partial charge in [-0.3, -0.25) is 0 Å². The van der Waals surface area contributed by atoms with Crippen LogP contribution in [-0.2, 0) is 6.42 Å². The Labute approximate surface area is 273 Å². The molecule has 1 aliphatic carbocycles. The maximum atomic E-state index is 6.28. The van der Waals surface area contributed by atoms with Crippen molar-refractivity contribution in [2.75, 3.05) is 0 Å². The summed E-state index contributed by atoms with van der Waals surface area (Å²) < 4.78 is 8.71. The van der Waals surface area contributed by atoms with Gasteiger partial charge in [0.15, 0.2) is 23.1 Å². The lowest BCUT2D eigenvalue weighted by molar-refractivity contribution is 0.570. The third-order valence-corrected chi connectivity index (χ3v) is 10.2. The van der Waals surface area contributed by atoms with Gasteiger partial charge in [-0.05, 0) is 12.1 Å². The Bertz CT molecular complexity index is 2710. The van der Waals surface area contributed by atoms with Crippen molar-refractivity contribution >= 4 is 59.5 Å². The molecule has 0 spiro atoms. The highest BCUT2D eigenvalue weighted by Gasteiger charge is 2.21. The summed E-state index contributed by atoms with van der Waals surface area (Å²) in [4.78, 5) is 20.3. The van der Waals surface area contributed by atoms with Crippen LogP contribution < -0.4 is 0 Å². The average molecular weight is 621 g/mol. The van der Waals surface area contributed by atoms with Gasteiger partial charge in [0.05, 0.1) is 5.69 Å². The van der Waals surface area contributed by atoms with E-state index in [9.17, 15) is 0 Å². The topological polar surface area (TPSA) is 64.7 Å². The number of aromatic nitrogens is 4. The first kappa shape index (κ1) is 26.3. The van der Waals surface area contributed by atoms with Crippen LogP contribution in [0.4, 0.5) is 0 Å². The summed E-state index contributed by atoms with van der Waals surface area (Å²) in [5, 5.41) is 4.60. The van der Waals surface area contributed by atoms with Crippen molar-refractivity contribution in [1.82, 2.24) is 19.9 Å². The molecule has 0 N–H and O–H groups in total. The number of benzene rings is 5. The zero-order chi connectivity index (χ0) is 30.9. The van der Waals surface area contributed by atoms with Crippen LogP contribution in [0.1, 0.15) is 11.3 Å². The first-order valence-electron chi connectivity index (χ1n) is 15.6. The van der Waals surface area contributed by atoms with Gasteiger partial charge in [0, 0.05) is 65.2 Å². The first-order chi connectivity index (χ1) is 23.3. The second-order valence-corrected chi connectivity index (χ2v) is 12.8. The van der Waals surface area contributed by atoms with Gasteiger partial charge < -0.3 is 4.42 Å². The molecule has 4 heterocycles. The first-order valence-corrected chi connectivity index (χ1v) is 16.4. The van der Waals surface area contributed by atoms with Crippen LogP contribution in [0.2, 0.25) is 0 Å². The predicted molar refractivity (Wildman–Crippen MR) is 192 cm³/mol. The highest BCUT2D eigenvalue weighted by Crippen LogP contribution is 2.41. The van der Waals surface area contributed by atoms with Gasteiger partial charge in [-0.2, -0.15) is 0 Å². The Hall–Kier alpha value is -5.98. The summed E-state index contributed by atoms with van der Waals surface area (Å²) in [5.74, 6) is 2.92. The zero-order valence-electron chi connectivity index (χ0n) is 25.0. The van der Waals surface area contributed by atoms with Crippen LogP contribution in [0.3, 0.4) is 0 Å². The van der Waals surface area contributed by atoms with E-state index in [0.717, 1.165) is 67.6 Å². The van der Waals surface area contributed by atoms with Crippen LogP contribution in [0.25, 0.3) is 93.5 Å². The molecular weight excluding hydrogens is 597 g/mol. The molecule has 0 saturated carbocycles. The number of hydrogen-bond donors (Lipinski definition) is 0. The fourth-order valence-electron chi connectivity index (χ4n) is 6.70. The van der Waals surface area contributed by atoms with Crippen molar-refractivity contribution in [3.63, 3.8) is 0 Å². The van der Waals surface area contributed by atoms with E-state index in [-0.39, 0.29) is 0 Å². The monoisotopic (exact) mass is 620 g/mol. The fourth-order valence-corrected chi connectivity index (χ4v) is 7.92. The average Bonchev–Trinajstić information content (AvgIpc) is 3.85. The minimum atomic E-state index is 0.629. The summed E-state index contributed by atoms with van der Waals surface area (Å²) in [5.41, 5.74) is 7.68. The number of pyridine rings is 1. The predicted octanol–water partition coefficient (Wildman–Crippen LogP) is 10.8. The smallest absolute Gasteiger partial charge is 0.165 e. The molecule has 0 radical (unpaired) electrons. The number of allylic oxidation sites excluding steroid dienone is 1. The van der Waals surface area contributed by atoms with Crippen LogP contribution >= 0.6 is 11.3 Å². The molecule has 0 amide bonds. The van der Waals surface area contributed by atoms with Gasteiger partial charge >= 0.3 is 0 Å². The Balaban J connectivity index is 1.13. The molecular formula is C41H24N4OS. The van der Waals surface area contributed by atoms with Crippen molar-refractivity contribution < 1.29 is 4.42 Å². The van der Waals surface area contributed by atoms with E-state index >= 15 is 0 Å². The van der Waals surface area contributed by atoms with Gasteiger partial charge in [0.1, 0.15) is 11.3 Å². The standard InChI is InChI=1S/C41H24N4OS/c1-2-10-25(11-3-1)39-43-40(45-41(44-39)32-17-8-15-30-27-12-6-7-19-34(27)47-38(30)32)26-22-20-24(21-23-26)35-28-13-4-5-14-29(28)37-36(42-35)31-16-9-18-33(31)46-37/h1-17,19-23H,18H2. The second kappa shape index (κ2) is 10.3. The number of thiophene rings is 1. The van der Waals surface area contributed by atoms with Crippen LogP contribution in [0.15, 0.2) is 132 Å². The maximum absolute atomic E-state index is 6.28. The van der Waals surface area contributed by atoms with E-state index in [4.69, 9.17) is 24.4 Å². The molecule has 220 valence electrons. The SMILES string of the molecule is C1=Cc2c(oc3c2nc(-c2ccc(-c4nc(-c5ccccc5)nc(-c5cccc6c5sc5ccccc56)n4)cc2)c2ccccc23)C1. The molecule has 0 fully saturated rings. The number of furan rings is 1. The normalized spacial score (nSPS) is 12.5. The zero-order valence-corrected chi connectivity index (χ0v) is 25.8. The van der Waals surface area contributed by atoms with Crippen molar-refractivity contribution in [3.05, 3.63) is 139 Å². The molecule has 5 aromatic carbocycles. The van der Waals surface area contributed by atoms with Gasteiger partial charge in [0.25, 0.3) is 0 Å². The van der Waals surface area contributed by atoms with E-state index in [0.29, 0.717) is 17.5 Å². The number of hydrogen-bond acceptors (Lipinski definition) is 6. The van der Waals surface area contributed by atoms with Crippen molar-refractivity contribution in [2.45, 2.75) is 6.42 Å². The fraction of sp³-hybridized carbons (Fsp3) is 0.0244. The summed E-state index contributed by atoms with van der Waals surface area (Å²) in [6.45, 7) is 0. The van der Waals surface area contributed by atoms with Crippen LogP contribution in [-0.4, -0.2) is 19.9 Å². The molecule has 0 unspecified atom stereocenters. The van der Waals surface area contributed by atoms with Gasteiger partial charge in [-0.15, -0.1) is 11.3 Å². The quantitative estimate of drug-likeness (QED) is 0.196. The van der Waals surface area contributed by atoms with E-state index in [2.05, 4.69) is 103 Å². The van der Waals surface area contributed by atoms with E-state index in [1.165, 1.54) is 20.2 Å². The highest BCUT2D eigenvalue weighted by molar-refractivity contribution is 7.26. The summed E-state index contributed by atoms with van der Waals surface area (Å²) in [7, 11) is 0. The summed E-state index contributed by atoms with van der Waals surface area (Å²) in [6, 6.07) is 41.8. The second-order valence-electron chi connectivity index (χ2n) is 11.8. The Kier molecular flexibility index (Phi) is 5.74. The van der Waals surface area contributed by atoms with Crippen molar-refractivity contribution in [2.24, 2.45) is 0 Å². The molecule has 0 bridgehead atoms. The van der Waals surface area contributed by atoms with Crippen LogP contribution in [0, 0.1) is 0 Å². The third-order valence-electron chi connectivity index (χ3n) is 8.96.